The first-order valence-electron chi connectivity index (χ1n) is 29.2. The van der Waals surface area contributed by atoms with Gasteiger partial charge in [0.15, 0.2) is 11.6 Å². The number of H-pyrrole nitrogens is 2. The van der Waals surface area contributed by atoms with Crippen LogP contribution in [0.25, 0.3) is 33.8 Å². The fraction of sp³-hybridized carbons (Fsp3) is 0.344. The number of ether oxygens (including phenoxy) is 1. The van der Waals surface area contributed by atoms with Crippen molar-refractivity contribution in [3.63, 3.8) is 0 Å². The van der Waals surface area contributed by atoms with E-state index in [0.29, 0.717) is 40.4 Å². The Morgan fingerprint density at radius 2 is 0.882 bits per heavy atom. The molecule has 3 fully saturated rings. The van der Waals surface area contributed by atoms with Gasteiger partial charge in [-0.2, -0.15) is 28.5 Å². The lowest BCUT2D eigenvalue weighted by Crippen LogP contribution is -2.52. The van der Waals surface area contributed by atoms with Crippen molar-refractivity contribution in [2.45, 2.75) is 96.1 Å². The van der Waals surface area contributed by atoms with Crippen LogP contribution in [0.1, 0.15) is 43.4 Å². The molecule has 9 aromatic heterocycles. The molecule has 12 rings (SSSR count). The van der Waals surface area contributed by atoms with Gasteiger partial charge in [-0.1, -0.05) is 45.3 Å². The van der Waals surface area contributed by atoms with Crippen LogP contribution in [0.15, 0.2) is 147 Å². The number of piperidine rings is 3. The van der Waals surface area contributed by atoms with Gasteiger partial charge in [0, 0.05) is 142 Å². The van der Waals surface area contributed by atoms with Crippen molar-refractivity contribution in [1.82, 2.24) is 60.1 Å². The van der Waals surface area contributed by atoms with E-state index in [4.69, 9.17) is 4.74 Å². The van der Waals surface area contributed by atoms with E-state index in [9.17, 15) is 53.9 Å². The summed E-state index contributed by atoms with van der Waals surface area (Å²) in [6.45, 7) is 5.06. The highest BCUT2D eigenvalue weighted by atomic mass is 28.3. The van der Waals surface area contributed by atoms with Crippen LogP contribution >= 0.6 is 0 Å². The average molecular weight is 1310 g/mol. The van der Waals surface area contributed by atoms with Crippen molar-refractivity contribution >= 4 is 43.2 Å². The number of halogens is 9. The SMILES string of the molecule is C.C[Si](C)(C)CCOCn1nc(-c2ccncc2)cc1N1CC(F)(F)CC(Cc2ccc(F)nc2)C1=O.O=C1[C@@H](Cc2ccc(F)nc2)CC(F)(F)CN1c1cc(-c2ccncc2)[nH]n1.O=C1[C@H](Cc2ccc(F)nc2)CC(F)(F)CN1c1cc(-c2ccncc2)[nH]n1. The molecule has 3 atom stereocenters. The Kier molecular flexibility index (Phi) is 21.1. The first-order valence-corrected chi connectivity index (χ1v) is 32.9. The fourth-order valence-electron chi connectivity index (χ4n) is 10.8. The van der Waals surface area contributed by atoms with Gasteiger partial charge in [-0.05, 0) is 96.6 Å². The number of carbonyl (C=O) groups is 3. The summed E-state index contributed by atoms with van der Waals surface area (Å²) in [4.78, 5) is 64.8. The van der Waals surface area contributed by atoms with E-state index < -0.39 is 118 Å². The predicted octanol–water partition coefficient (Wildman–Crippen LogP) is 12.1. The summed E-state index contributed by atoms with van der Waals surface area (Å²) in [6.07, 6.45) is 11.9. The predicted molar refractivity (Wildman–Crippen MR) is 330 cm³/mol. The zero-order valence-electron chi connectivity index (χ0n) is 49.9. The summed E-state index contributed by atoms with van der Waals surface area (Å²) in [5, 5.41) is 18.2. The van der Waals surface area contributed by atoms with Gasteiger partial charge in [-0.15, -0.1) is 0 Å². The summed E-state index contributed by atoms with van der Waals surface area (Å²) in [5.41, 5.74) is 5.59. The molecule has 9 aromatic rings. The van der Waals surface area contributed by atoms with Crippen molar-refractivity contribution in [2.24, 2.45) is 17.8 Å². The molecule has 12 heterocycles. The van der Waals surface area contributed by atoms with Gasteiger partial charge in [-0.25, -0.2) is 46.0 Å². The zero-order chi connectivity index (χ0) is 65.4. The molecule has 0 aromatic carbocycles. The Balaban J connectivity index is 0.000000165. The molecule has 0 aliphatic carbocycles. The van der Waals surface area contributed by atoms with E-state index in [1.165, 1.54) is 41.5 Å². The minimum absolute atomic E-state index is 0. The first-order chi connectivity index (χ1) is 43.8. The number of aromatic amines is 2. The third kappa shape index (κ3) is 18.0. The second kappa shape index (κ2) is 29.0. The number of nitrogens with one attached hydrogen (secondary N) is 2. The monoisotopic (exact) mass is 1310 g/mol. The molecule has 0 radical (unpaired) electrons. The highest BCUT2D eigenvalue weighted by Crippen LogP contribution is 2.40. The van der Waals surface area contributed by atoms with Gasteiger partial charge in [0.25, 0.3) is 17.8 Å². The number of anilines is 3. The highest BCUT2D eigenvalue weighted by molar-refractivity contribution is 6.76. The normalized spacial score (nSPS) is 18.4. The molecular weight excluding hydrogens is 1240 g/mol. The fourth-order valence-corrected chi connectivity index (χ4v) is 11.5. The second-order valence-electron chi connectivity index (χ2n) is 23.8. The average Bonchev–Trinajstić information content (AvgIpc) is 1.79. The van der Waals surface area contributed by atoms with E-state index in [1.807, 2.05) is 0 Å². The van der Waals surface area contributed by atoms with Gasteiger partial charge >= 0.3 is 0 Å². The number of alkyl halides is 6. The van der Waals surface area contributed by atoms with Crippen molar-refractivity contribution < 1.29 is 58.6 Å². The second-order valence-corrected chi connectivity index (χ2v) is 29.5. The summed E-state index contributed by atoms with van der Waals surface area (Å²) < 4.78 is 134. The molecule has 1 unspecified atom stereocenters. The topological polar surface area (TPSA) is 223 Å². The maximum atomic E-state index is 14.9. The van der Waals surface area contributed by atoms with Crippen molar-refractivity contribution in [2.75, 3.05) is 40.9 Å². The zero-order valence-corrected chi connectivity index (χ0v) is 50.9. The maximum absolute atomic E-state index is 14.9. The number of rotatable bonds is 17. The Bertz CT molecular complexity index is 3780. The minimum Gasteiger partial charge on any atom is -0.359 e. The van der Waals surface area contributed by atoms with Gasteiger partial charge in [0.2, 0.25) is 35.6 Å². The van der Waals surface area contributed by atoms with Crippen LogP contribution in [-0.2, 0) is 45.1 Å². The van der Waals surface area contributed by atoms with Gasteiger partial charge in [0.05, 0.1) is 36.7 Å². The largest absolute Gasteiger partial charge is 0.359 e. The Morgan fingerprint density at radius 1 is 0.516 bits per heavy atom. The van der Waals surface area contributed by atoms with E-state index in [0.717, 1.165) is 55.6 Å². The van der Waals surface area contributed by atoms with Crippen molar-refractivity contribution in [1.29, 1.82) is 0 Å². The molecular formula is C64H66F9N15O4Si. The first kappa shape index (κ1) is 67.9. The number of amides is 3. The molecule has 3 aliphatic heterocycles. The summed E-state index contributed by atoms with van der Waals surface area (Å²) in [6, 6.07) is 24.0. The third-order valence-corrected chi connectivity index (χ3v) is 17.1. The van der Waals surface area contributed by atoms with E-state index in [-0.39, 0.29) is 50.9 Å². The molecule has 3 aliphatic rings. The molecule has 29 heteroatoms. The molecule has 488 valence electrons. The summed E-state index contributed by atoms with van der Waals surface area (Å²) >= 11 is 0. The van der Waals surface area contributed by atoms with E-state index in [2.05, 4.69) is 75.0 Å². The molecule has 0 saturated carbocycles. The Hall–Kier alpha value is -9.51. The molecule has 19 nitrogen and oxygen atoms in total. The molecule has 3 amide bonds. The number of carbonyl (C=O) groups excluding carboxylic acids is 3. The lowest BCUT2D eigenvalue weighted by molar-refractivity contribution is -0.132. The van der Waals surface area contributed by atoms with E-state index >= 15 is 0 Å². The van der Waals surface area contributed by atoms with Crippen LogP contribution in [0.4, 0.5) is 57.0 Å². The van der Waals surface area contributed by atoms with Crippen LogP contribution < -0.4 is 14.7 Å². The molecule has 93 heavy (non-hydrogen) atoms. The van der Waals surface area contributed by atoms with Crippen LogP contribution in [0.2, 0.25) is 25.7 Å². The van der Waals surface area contributed by atoms with Crippen molar-refractivity contribution in [3.8, 4) is 33.8 Å². The number of hydrogen-bond acceptors (Lipinski definition) is 13. The Morgan fingerprint density at radius 3 is 1.25 bits per heavy atom. The summed E-state index contributed by atoms with van der Waals surface area (Å²) in [5.74, 6) is -14.9. The van der Waals surface area contributed by atoms with Crippen LogP contribution in [0.3, 0.4) is 0 Å². The number of nitrogens with zero attached hydrogens (tertiary/aromatic N) is 13. The van der Waals surface area contributed by atoms with Gasteiger partial charge < -0.3 is 4.74 Å². The molecule has 0 bridgehead atoms. The lowest BCUT2D eigenvalue weighted by Gasteiger charge is -2.37. The van der Waals surface area contributed by atoms with Crippen LogP contribution in [-0.4, -0.2) is 130 Å². The van der Waals surface area contributed by atoms with Crippen LogP contribution in [0.5, 0.6) is 0 Å². The smallest absolute Gasteiger partial charge is 0.266 e. The molecule has 2 N–H and O–H groups in total. The highest BCUT2D eigenvalue weighted by Gasteiger charge is 2.49. The molecule has 3 saturated heterocycles. The summed E-state index contributed by atoms with van der Waals surface area (Å²) in [7, 11) is -1.32. The standard InChI is InChI=1S/C25H30F3N5O2Si.2C19H16F3N5O.CH4/c1-36(2,3)11-10-35-17-33-23(13-21(31-33)19-6-8-29-9-7-19)32-16-25(27,28)14-20(24(32)34)12-18-4-5-22(26)30-15-18;2*20-16-2-1-12(10-24-16)7-14-9-19(21,22)11-27(18(14)28)17-8-15(25-26-17)13-3-5-23-6-4-13;/h4-9,13,15,20H,10-12,14,16-17H2,1-3H3;2*1-6,8,10,14H,7,9,11H2,(H,25,26);1H4/t;2*14-;/m.10./s1. The van der Waals surface area contributed by atoms with Gasteiger partial charge in [-0.3, -0.25) is 54.2 Å². The van der Waals surface area contributed by atoms with Crippen molar-refractivity contribution in [3.05, 3.63) is 181 Å². The quantitative estimate of drug-likeness (QED) is 0.0375. The number of aromatic nitrogens is 12. The third-order valence-electron chi connectivity index (χ3n) is 15.3. The van der Waals surface area contributed by atoms with E-state index in [1.54, 1.807) is 91.8 Å². The molecule has 0 spiro atoms. The number of pyridine rings is 6. The minimum atomic E-state index is -3.10. The maximum Gasteiger partial charge on any atom is 0.266 e. The Labute approximate surface area is 529 Å². The lowest BCUT2D eigenvalue weighted by atomic mass is 9.89. The van der Waals surface area contributed by atoms with Crippen LogP contribution in [0, 0.1) is 35.6 Å². The number of hydrogen-bond donors (Lipinski definition) is 2. The van der Waals surface area contributed by atoms with Gasteiger partial charge in [0.1, 0.15) is 12.5 Å².